The van der Waals surface area contributed by atoms with Crippen LogP contribution < -0.4 is 14.8 Å². The van der Waals surface area contributed by atoms with Gasteiger partial charge in [0, 0.05) is 28.1 Å². The van der Waals surface area contributed by atoms with Gasteiger partial charge in [-0.05, 0) is 70.0 Å². The molecule has 0 saturated heterocycles. The topological polar surface area (TPSA) is 113 Å². The minimum Gasteiger partial charge on any atom is -0.496 e. The fraction of sp³-hybridized carbons (Fsp3) is 0.147. The highest BCUT2D eigenvalue weighted by molar-refractivity contribution is 9.10. The van der Waals surface area contributed by atoms with Crippen LogP contribution in [0.5, 0.6) is 11.5 Å². The molecule has 9 nitrogen and oxygen atoms in total. The molecular formula is C34H28BrFN4O5S2. The third-order valence-electron chi connectivity index (χ3n) is 7.09. The molecule has 0 aliphatic heterocycles. The largest absolute Gasteiger partial charge is 0.496 e. The van der Waals surface area contributed by atoms with Crippen molar-refractivity contribution in [2.24, 2.45) is 0 Å². The fourth-order valence-electron chi connectivity index (χ4n) is 4.75. The lowest BCUT2D eigenvalue weighted by molar-refractivity contribution is 0.135. The van der Waals surface area contributed by atoms with Crippen LogP contribution >= 0.6 is 27.3 Å². The number of methoxy groups -OCH3 is 1. The van der Waals surface area contributed by atoms with Crippen LogP contribution in [0, 0.1) is 5.82 Å². The minimum absolute atomic E-state index is 0.0496. The number of fused-ring (bicyclic) bond motifs is 1. The third-order valence-corrected chi connectivity index (χ3v) is 10.2. The average Bonchev–Trinajstić information content (AvgIpc) is 3.55. The van der Waals surface area contributed by atoms with Crippen LogP contribution in [0.25, 0.3) is 22.2 Å². The highest BCUT2D eigenvalue weighted by Gasteiger charge is 2.17. The first-order chi connectivity index (χ1) is 22.8. The maximum absolute atomic E-state index is 13.5. The van der Waals surface area contributed by atoms with Gasteiger partial charge in [0.2, 0.25) is 0 Å². The number of sulfone groups is 1. The maximum atomic E-state index is 13.5. The van der Waals surface area contributed by atoms with Crippen LogP contribution in [0.4, 0.5) is 15.9 Å². The third kappa shape index (κ3) is 7.93. The molecule has 13 heteroatoms. The van der Waals surface area contributed by atoms with Gasteiger partial charge in [-0.1, -0.05) is 30.3 Å². The van der Waals surface area contributed by atoms with E-state index in [2.05, 4.69) is 31.2 Å². The Morgan fingerprint density at radius 2 is 1.79 bits per heavy atom. The highest BCUT2D eigenvalue weighted by Crippen LogP contribution is 2.37. The number of hydrogen-bond donors (Lipinski definition) is 1. The van der Waals surface area contributed by atoms with Crippen molar-refractivity contribution in [3.8, 4) is 22.8 Å². The smallest absolute Gasteiger partial charge is 0.180 e. The van der Waals surface area contributed by atoms with Crippen molar-refractivity contribution in [1.29, 1.82) is 0 Å². The van der Waals surface area contributed by atoms with Gasteiger partial charge in [-0.2, -0.15) is 0 Å². The second kappa shape index (κ2) is 14.6. The number of rotatable bonds is 13. The van der Waals surface area contributed by atoms with E-state index in [9.17, 15) is 12.8 Å². The number of aromatic nitrogens is 3. The van der Waals surface area contributed by atoms with E-state index in [1.807, 2.05) is 35.7 Å². The number of anilines is 2. The first-order valence-electron chi connectivity index (χ1n) is 14.4. The Morgan fingerprint density at radius 1 is 0.936 bits per heavy atom. The molecule has 0 unspecified atom stereocenters. The molecule has 6 rings (SSSR count). The minimum atomic E-state index is -3.42. The predicted octanol–water partition coefficient (Wildman–Crippen LogP) is 7.98. The van der Waals surface area contributed by atoms with Crippen LogP contribution in [0.1, 0.15) is 10.6 Å². The summed E-state index contributed by atoms with van der Waals surface area (Å²) in [6.07, 6.45) is 1.48. The zero-order valence-electron chi connectivity index (χ0n) is 25.0. The van der Waals surface area contributed by atoms with Crippen molar-refractivity contribution >= 4 is 59.5 Å². The Balaban J connectivity index is 1.16. The number of hydrogen-bond acceptors (Lipinski definition) is 10. The molecule has 0 saturated carbocycles. The monoisotopic (exact) mass is 734 g/mol. The molecule has 47 heavy (non-hydrogen) atoms. The van der Waals surface area contributed by atoms with E-state index in [1.54, 1.807) is 49.6 Å². The molecular weight excluding hydrogens is 707 g/mol. The first-order valence-corrected chi connectivity index (χ1v) is 17.7. The van der Waals surface area contributed by atoms with E-state index in [0.717, 1.165) is 26.7 Å². The maximum Gasteiger partial charge on any atom is 0.180 e. The van der Waals surface area contributed by atoms with Gasteiger partial charge in [0.05, 0.1) is 46.7 Å². The summed E-state index contributed by atoms with van der Waals surface area (Å²) in [4.78, 5) is 13.9. The molecule has 6 aromatic rings. The molecule has 0 radical (unpaired) electrons. The summed E-state index contributed by atoms with van der Waals surface area (Å²) >= 11 is 4.98. The SMILES string of the molecule is COc1cc2ncnc(Nc3ccc(OCc4cccc(F)c4)c(Br)c3)c2cc1-c1csc(COCCS(=O)(=O)c2ccccc2)n1. The summed E-state index contributed by atoms with van der Waals surface area (Å²) in [6, 6.07) is 23.9. The standard InChI is InChI=1S/C34H28BrFN4O5S2/c1-43-32-17-29-27(16-26(32)30-20-46-33(40-30)19-44-12-13-47(41,42)25-8-3-2-4-9-25)34(38-21-37-29)39-24-10-11-31(28(35)15-24)45-18-22-6-5-7-23(36)14-22/h2-11,14-17,20-21H,12-13,18-19H2,1H3,(H,37,38,39). The van der Waals surface area contributed by atoms with Gasteiger partial charge in [-0.15, -0.1) is 11.3 Å². The molecule has 0 amide bonds. The summed E-state index contributed by atoms with van der Waals surface area (Å²) in [5.41, 5.74) is 3.59. The van der Waals surface area contributed by atoms with E-state index in [4.69, 9.17) is 19.2 Å². The van der Waals surface area contributed by atoms with E-state index >= 15 is 0 Å². The Labute approximate surface area is 283 Å². The summed E-state index contributed by atoms with van der Waals surface area (Å²) < 4.78 is 56.6. The lowest BCUT2D eigenvalue weighted by Crippen LogP contribution is -2.12. The van der Waals surface area contributed by atoms with Gasteiger partial charge in [0.1, 0.15) is 41.1 Å². The van der Waals surface area contributed by atoms with E-state index < -0.39 is 9.84 Å². The van der Waals surface area contributed by atoms with Crippen molar-refractivity contribution < 1.29 is 27.0 Å². The Kier molecular flexibility index (Phi) is 10.1. The molecule has 1 N–H and O–H groups in total. The molecule has 2 aromatic heterocycles. The first kappa shape index (κ1) is 32.5. The van der Waals surface area contributed by atoms with Crippen LogP contribution in [-0.2, 0) is 27.8 Å². The fourth-order valence-corrected chi connectivity index (χ4v) is 7.12. The molecule has 0 atom stereocenters. The molecule has 0 spiro atoms. The van der Waals surface area contributed by atoms with Gasteiger partial charge in [0.25, 0.3) is 0 Å². The molecule has 0 bridgehead atoms. The van der Waals surface area contributed by atoms with Crippen LogP contribution in [0.15, 0.2) is 106 Å². The van der Waals surface area contributed by atoms with Crippen molar-refractivity contribution in [3.05, 3.63) is 117 Å². The molecule has 4 aromatic carbocycles. The molecule has 0 aliphatic carbocycles. The lowest BCUT2D eigenvalue weighted by Gasteiger charge is -2.13. The lowest BCUT2D eigenvalue weighted by atomic mass is 10.1. The quantitative estimate of drug-likeness (QED) is 0.118. The zero-order chi connectivity index (χ0) is 32.8. The molecule has 0 aliphatic rings. The Bertz CT molecular complexity index is 2130. The van der Waals surface area contributed by atoms with Gasteiger partial charge in [-0.3, -0.25) is 0 Å². The van der Waals surface area contributed by atoms with Gasteiger partial charge < -0.3 is 19.5 Å². The normalized spacial score (nSPS) is 11.5. The second-order valence-electron chi connectivity index (χ2n) is 10.3. The number of benzene rings is 4. The number of thiazole rings is 1. The second-order valence-corrected chi connectivity index (χ2v) is 14.2. The van der Waals surface area contributed by atoms with Crippen molar-refractivity contribution in [3.63, 3.8) is 0 Å². The number of nitrogens with one attached hydrogen (secondary N) is 1. The molecule has 0 fully saturated rings. The number of halogens is 2. The summed E-state index contributed by atoms with van der Waals surface area (Å²) in [6.45, 7) is 0.455. The van der Waals surface area contributed by atoms with Crippen molar-refractivity contribution in [1.82, 2.24) is 15.0 Å². The van der Waals surface area contributed by atoms with Crippen LogP contribution in [-0.4, -0.2) is 42.8 Å². The Morgan fingerprint density at radius 3 is 2.57 bits per heavy atom. The van der Waals surface area contributed by atoms with Gasteiger partial charge >= 0.3 is 0 Å². The highest BCUT2D eigenvalue weighted by atomic mass is 79.9. The van der Waals surface area contributed by atoms with Gasteiger partial charge in [0.15, 0.2) is 9.84 Å². The van der Waals surface area contributed by atoms with Crippen LogP contribution in [0.2, 0.25) is 0 Å². The Hall–Kier alpha value is -4.43. The molecule has 2 heterocycles. The summed E-state index contributed by atoms with van der Waals surface area (Å²) in [5.74, 6) is 1.36. The van der Waals surface area contributed by atoms with Crippen LogP contribution in [0.3, 0.4) is 0 Å². The van der Waals surface area contributed by atoms with E-state index in [1.165, 1.54) is 29.8 Å². The van der Waals surface area contributed by atoms with Gasteiger partial charge in [-0.25, -0.2) is 27.8 Å². The predicted molar refractivity (Wildman–Crippen MR) is 184 cm³/mol. The summed E-state index contributed by atoms with van der Waals surface area (Å²) in [7, 11) is -1.84. The van der Waals surface area contributed by atoms with E-state index in [0.29, 0.717) is 33.5 Å². The number of ether oxygens (including phenoxy) is 3. The van der Waals surface area contributed by atoms with Crippen molar-refractivity contribution in [2.45, 2.75) is 18.1 Å². The summed E-state index contributed by atoms with van der Waals surface area (Å²) in [5, 5.41) is 6.72. The number of nitrogens with zero attached hydrogens (tertiary/aromatic N) is 3. The molecule has 240 valence electrons. The zero-order valence-corrected chi connectivity index (χ0v) is 28.2. The van der Waals surface area contributed by atoms with Crippen molar-refractivity contribution in [2.75, 3.05) is 24.8 Å². The average molecular weight is 736 g/mol. The van der Waals surface area contributed by atoms with E-state index in [-0.39, 0.29) is 36.3 Å².